The van der Waals surface area contributed by atoms with Crippen LogP contribution in [0.25, 0.3) is 6.08 Å². The van der Waals surface area contributed by atoms with Gasteiger partial charge in [-0.3, -0.25) is 0 Å². The van der Waals surface area contributed by atoms with Crippen LogP contribution in [0.3, 0.4) is 0 Å². The van der Waals surface area contributed by atoms with Crippen molar-refractivity contribution in [2.75, 3.05) is 6.61 Å². The molecule has 0 fully saturated rings. The standard InChI is InChI=1S/C15H13BF3O.K/c17-16(18,19)14-8-10-15(11-9-14)20-12-4-7-13-5-2-1-3-6-13;/h1-11H,12H2;/q-1;+1. The molecule has 0 N–H and O–H groups in total. The van der Waals surface area contributed by atoms with E-state index < -0.39 is 12.4 Å². The second-order valence-electron chi connectivity index (χ2n) is 4.27. The molecule has 0 heterocycles. The number of rotatable bonds is 5. The molecule has 1 nitrogen and oxygen atoms in total. The maximum Gasteiger partial charge on any atom is 1.00 e. The molecule has 0 spiro atoms. The van der Waals surface area contributed by atoms with Crippen LogP contribution < -0.4 is 61.6 Å². The van der Waals surface area contributed by atoms with Crippen molar-refractivity contribution in [3.05, 3.63) is 66.2 Å². The zero-order chi connectivity index (χ0) is 14.4. The fraction of sp³-hybridized carbons (Fsp3) is 0.0667. The third-order valence-electron chi connectivity index (χ3n) is 2.71. The molecule has 0 bridgehead atoms. The van der Waals surface area contributed by atoms with Crippen molar-refractivity contribution in [2.45, 2.75) is 0 Å². The summed E-state index contributed by atoms with van der Waals surface area (Å²) in [5.41, 5.74) is 0.434. The van der Waals surface area contributed by atoms with Crippen molar-refractivity contribution in [2.24, 2.45) is 0 Å². The third-order valence-corrected chi connectivity index (χ3v) is 2.71. The zero-order valence-corrected chi connectivity index (χ0v) is 14.8. The van der Waals surface area contributed by atoms with Crippen molar-refractivity contribution in [1.82, 2.24) is 0 Å². The SMILES string of the molecule is F[B-](F)(F)c1ccc(OCC=Cc2ccccc2)cc1.[K+]. The topological polar surface area (TPSA) is 9.23 Å². The van der Waals surface area contributed by atoms with Crippen LogP contribution in [0.15, 0.2) is 60.7 Å². The van der Waals surface area contributed by atoms with Gasteiger partial charge >= 0.3 is 58.4 Å². The fourth-order valence-electron chi connectivity index (χ4n) is 1.67. The average molecular weight is 316 g/mol. The Labute approximate surface area is 164 Å². The second kappa shape index (κ2) is 8.80. The van der Waals surface area contributed by atoms with E-state index in [2.05, 4.69) is 0 Å². The van der Waals surface area contributed by atoms with Crippen LogP contribution in [0.2, 0.25) is 0 Å². The normalized spacial score (nSPS) is 11.2. The summed E-state index contributed by atoms with van der Waals surface area (Å²) in [6.07, 6.45) is 3.71. The van der Waals surface area contributed by atoms with E-state index in [0.717, 1.165) is 17.7 Å². The number of hydrogen-bond donors (Lipinski definition) is 0. The van der Waals surface area contributed by atoms with E-state index in [1.54, 1.807) is 0 Å². The minimum atomic E-state index is -4.94. The molecule has 0 aliphatic heterocycles. The van der Waals surface area contributed by atoms with Crippen molar-refractivity contribution in [3.63, 3.8) is 0 Å². The van der Waals surface area contributed by atoms with E-state index in [0.29, 0.717) is 12.4 Å². The van der Waals surface area contributed by atoms with Crippen LogP contribution in [0.5, 0.6) is 5.75 Å². The molecular formula is C15H13BF3KO. The number of ether oxygens (including phenoxy) is 1. The van der Waals surface area contributed by atoms with Crippen LogP contribution >= 0.6 is 0 Å². The van der Waals surface area contributed by atoms with Gasteiger partial charge in [0.2, 0.25) is 0 Å². The van der Waals surface area contributed by atoms with E-state index in [9.17, 15) is 12.9 Å². The monoisotopic (exact) mass is 316 g/mol. The Morgan fingerprint density at radius 1 is 0.905 bits per heavy atom. The average Bonchev–Trinajstić information content (AvgIpc) is 2.44. The van der Waals surface area contributed by atoms with Crippen molar-refractivity contribution in [1.29, 1.82) is 0 Å². The molecule has 2 rings (SSSR count). The predicted molar refractivity (Wildman–Crippen MR) is 76.1 cm³/mol. The van der Waals surface area contributed by atoms with E-state index in [-0.39, 0.29) is 51.4 Å². The van der Waals surface area contributed by atoms with Gasteiger partial charge in [0.25, 0.3) is 0 Å². The summed E-state index contributed by atoms with van der Waals surface area (Å²) in [5.74, 6) is 0.423. The summed E-state index contributed by atoms with van der Waals surface area (Å²) in [7, 11) is 0. The second-order valence-corrected chi connectivity index (χ2v) is 4.27. The van der Waals surface area contributed by atoms with E-state index >= 15 is 0 Å². The Balaban J connectivity index is 0.00000220. The molecule has 2 aromatic carbocycles. The summed E-state index contributed by atoms with van der Waals surface area (Å²) >= 11 is 0. The molecule has 6 heteroatoms. The summed E-state index contributed by atoms with van der Waals surface area (Å²) in [5, 5.41) is 0. The Bertz CT molecular complexity index is 568. The Morgan fingerprint density at radius 2 is 1.52 bits per heavy atom. The Kier molecular flexibility index (Phi) is 7.76. The summed E-state index contributed by atoms with van der Waals surface area (Å²) < 4.78 is 42.6. The largest absolute Gasteiger partial charge is 1.00 e. The maximum absolute atomic E-state index is 12.4. The molecule has 104 valence electrons. The van der Waals surface area contributed by atoms with Gasteiger partial charge < -0.3 is 17.7 Å². The molecule has 0 unspecified atom stereocenters. The van der Waals surface area contributed by atoms with Gasteiger partial charge in [0.05, 0.1) is 0 Å². The van der Waals surface area contributed by atoms with Crippen LogP contribution in [-0.2, 0) is 0 Å². The van der Waals surface area contributed by atoms with Crippen molar-refractivity contribution >= 4 is 18.5 Å². The quantitative estimate of drug-likeness (QED) is 0.743. The molecule has 0 aromatic heterocycles. The van der Waals surface area contributed by atoms with Gasteiger partial charge in [-0.25, -0.2) is 0 Å². The molecule has 0 radical (unpaired) electrons. The first-order valence-electron chi connectivity index (χ1n) is 6.20. The van der Waals surface area contributed by atoms with Crippen LogP contribution in [0.1, 0.15) is 5.56 Å². The number of hydrogen-bond acceptors (Lipinski definition) is 1. The molecule has 0 amide bonds. The predicted octanol–water partition coefficient (Wildman–Crippen LogP) is 0.837. The molecule has 0 saturated carbocycles. The van der Waals surface area contributed by atoms with Gasteiger partial charge in [0.15, 0.2) is 0 Å². The third kappa shape index (κ3) is 6.40. The molecule has 0 aliphatic rings. The maximum atomic E-state index is 12.4. The first kappa shape index (κ1) is 18.5. The smallest absolute Gasteiger partial charge is 0.490 e. The summed E-state index contributed by atoms with van der Waals surface area (Å²) in [6.45, 7) is -4.63. The number of benzene rings is 2. The Morgan fingerprint density at radius 3 is 2.10 bits per heavy atom. The minimum absolute atomic E-state index is 0. The van der Waals surface area contributed by atoms with E-state index in [4.69, 9.17) is 4.74 Å². The van der Waals surface area contributed by atoms with E-state index in [1.807, 2.05) is 42.5 Å². The van der Waals surface area contributed by atoms with Gasteiger partial charge in [-0.2, -0.15) is 0 Å². The van der Waals surface area contributed by atoms with Crippen molar-refractivity contribution in [3.8, 4) is 5.75 Å². The zero-order valence-electron chi connectivity index (χ0n) is 11.7. The first-order chi connectivity index (χ1) is 9.55. The summed E-state index contributed by atoms with van der Waals surface area (Å²) in [4.78, 5) is 0. The van der Waals surface area contributed by atoms with Gasteiger partial charge in [0, 0.05) is 0 Å². The van der Waals surface area contributed by atoms with Crippen molar-refractivity contribution < 1.29 is 69.1 Å². The molecule has 21 heavy (non-hydrogen) atoms. The molecule has 2 aromatic rings. The molecule has 0 aliphatic carbocycles. The molecule has 0 saturated heterocycles. The molecule has 0 atom stereocenters. The van der Waals surface area contributed by atoms with Gasteiger partial charge in [0.1, 0.15) is 12.4 Å². The Hall–Kier alpha value is -0.529. The van der Waals surface area contributed by atoms with Gasteiger partial charge in [-0.05, 0) is 23.8 Å². The van der Waals surface area contributed by atoms with Crippen LogP contribution in [0, 0.1) is 0 Å². The fourth-order valence-corrected chi connectivity index (χ4v) is 1.67. The first-order valence-corrected chi connectivity index (χ1v) is 6.20. The molecular weight excluding hydrogens is 303 g/mol. The van der Waals surface area contributed by atoms with Crippen LogP contribution in [0.4, 0.5) is 12.9 Å². The van der Waals surface area contributed by atoms with Gasteiger partial charge in [-0.15, -0.1) is 5.46 Å². The minimum Gasteiger partial charge on any atom is -0.490 e. The van der Waals surface area contributed by atoms with Crippen LogP contribution in [-0.4, -0.2) is 13.6 Å². The van der Waals surface area contributed by atoms with Gasteiger partial charge in [-0.1, -0.05) is 48.5 Å². The van der Waals surface area contributed by atoms with E-state index in [1.165, 1.54) is 12.1 Å². The number of halogens is 3. The summed E-state index contributed by atoms with van der Waals surface area (Å²) in [6, 6.07) is 14.4.